The molecule has 0 aliphatic heterocycles. The van der Waals surface area contributed by atoms with Gasteiger partial charge in [0.2, 0.25) is 0 Å². The van der Waals surface area contributed by atoms with Gasteiger partial charge in [0.05, 0.1) is 6.26 Å². The van der Waals surface area contributed by atoms with Crippen molar-refractivity contribution < 1.29 is 9.52 Å². The highest BCUT2D eigenvalue weighted by molar-refractivity contribution is 5.15. The van der Waals surface area contributed by atoms with Gasteiger partial charge >= 0.3 is 0 Å². The minimum Gasteiger partial charge on any atom is -0.466 e. The lowest BCUT2D eigenvalue weighted by Gasteiger charge is -2.25. The van der Waals surface area contributed by atoms with Crippen molar-refractivity contribution in [1.29, 1.82) is 0 Å². The fraction of sp³-hybridized carbons (Fsp3) is 0.667. The first kappa shape index (κ1) is 9.78. The van der Waals surface area contributed by atoms with Gasteiger partial charge in [0.15, 0.2) is 0 Å². The van der Waals surface area contributed by atoms with Gasteiger partial charge in [-0.15, -0.1) is 0 Å². The van der Waals surface area contributed by atoms with Crippen LogP contribution in [0.25, 0.3) is 0 Å². The highest BCUT2D eigenvalue weighted by Gasteiger charge is 2.50. The van der Waals surface area contributed by atoms with Gasteiger partial charge in [0.25, 0.3) is 0 Å². The van der Waals surface area contributed by atoms with Gasteiger partial charge in [0.1, 0.15) is 11.4 Å². The molecular formula is C12H18O2. The van der Waals surface area contributed by atoms with E-state index in [1.165, 1.54) is 0 Å². The average Bonchev–Trinajstić information content (AvgIpc) is 2.58. The minimum absolute atomic E-state index is 0.209. The molecule has 1 aliphatic carbocycles. The molecule has 1 aliphatic rings. The van der Waals surface area contributed by atoms with Crippen molar-refractivity contribution in [3.63, 3.8) is 0 Å². The van der Waals surface area contributed by atoms with Crippen LogP contribution in [0, 0.1) is 11.3 Å². The molecule has 2 unspecified atom stereocenters. The first-order valence-corrected chi connectivity index (χ1v) is 5.20. The Balaban J connectivity index is 2.34. The molecule has 1 fully saturated rings. The average molecular weight is 194 g/mol. The maximum atomic E-state index is 10.6. The topological polar surface area (TPSA) is 33.4 Å². The molecule has 2 atom stereocenters. The number of hydrogen-bond acceptors (Lipinski definition) is 2. The summed E-state index contributed by atoms with van der Waals surface area (Å²) in [5.74, 6) is 0.985. The molecule has 1 N–H and O–H groups in total. The molecule has 1 aromatic heterocycles. The largest absolute Gasteiger partial charge is 0.466 e. The number of aliphatic hydroxyl groups is 1. The third kappa shape index (κ3) is 1.38. The van der Waals surface area contributed by atoms with E-state index >= 15 is 0 Å². The summed E-state index contributed by atoms with van der Waals surface area (Å²) in [4.78, 5) is 0. The fourth-order valence-electron chi connectivity index (χ4n) is 2.83. The standard InChI is InChI=1S/C12H18O2/c1-9-7-11(2,3)8-12(9,13)10-5-4-6-14-10/h4-6,9,13H,7-8H2,1-3H3. The Kier molecular flexibility index (Phi) is 2.00. The predicted octanol–water partition coefficient (Wildman–Crippen LogP) is 2.92. The summed E-state index contributed by atoms with van der Waals surface area (Å²) in [5, 5.41) is 10.6. The highest BCUT2D eigenvalue weighted by atomic mass is 16.4. The zero-order valence-electron chi connectivity index (χ0n) is 9.08. The monoisotopic (exact) mass is 194 g/mol. The normalized spacial score (nSPS) is 36.1. The third-order valence-electron chi connectivity index (χ3n) is 3.37. The second kappa shape index (κ2) is 2.86. The lowest BCUT2D eigenvalue weighted by atomic mass is 9.87. The van der Waals surface area contributed by atoms with Crippen LogP contribution in [0.5, 0.6) is 0 Å². The summed E-state index contributed by atoms with van der Waals surface area (Å²) in [7, 11) is 0. The molecule has 0 spiro atoms. The lowest BCUT2D eigenvalue weighted by Crippen LogP contribution is -2.28. The summed E-state index contributed by atoms with van der Waals surface area (Å²) in [6.45, 7) is 6.49. The first-order valence-electron chi connectivity index (χ1n) is 5.20. The Bertz CT molecular complexity index is 313. The molecule has 0 saturated heterocycles. The molecule has 1 heterocycles. The van der Waals surface area contributed by atoms with Gasteiger partial charge < -0.3 is 9.52 Å². The van der Waals surface area contributed by atoms with Crippen LogP contribution in [0.15, 0.2) is 22.8 Å². The summed E-state index contributed by atoms with van der Waals surface area (Å²) in [6.07, 6.45) is 3.46. The zero-order chi connectivity index (χ0) is 10.4. The number of rotatable bonds is 1. The fourth-order valence-corrected chi connectivity index (χ4v) is 2.83. The maximum absolute atomic E-state index is 10.6. The molecule has 0 bridgehead atoms. The second-order valence-corrected chi connectivity index (χ2v) is 5.35. The lowest BCUT2D eigenvalue weighted by molar-refractivity contribution is -0.0206. The van der Waals surface area contributed by atoms with Crippen LogP contribution < -0.4 is 0 Å². The van der Waals surface area contributed by atoms with Crippen LogP contribution >= 0.6 is 0 Å². The molecule has 0 amide bonds. The van der Waals surface area contributed by atoms with Crippen molar-refractivity contribution in [3.05, 3.63) is 24.2 Å². The van der Waals surface area contributed by atoms with Crippen molar-refractivity contribution in [3.8, 4) is 0 Å². The molecule has 2 nitrogen and oxygen atoms in total. The van der Waals surface area contributed by atoms with Gasteiger partial charge in [-0.3, -0.25) is 0 Å². The summed E-state index contributed by atoms with van der Waals surface area (Å²) in [6, 6.07) is 3.71. The van der Waals surface area contributed by atoms with Gasteiger partial charge in [-0.1, -0.05) is 20.8 Å². The molecule has 1 saturated carbocycles. The van der Waals surface area contributed by atoms with Gasteiger partial charge in [0, 0.05) is 0 Å². The molecule has 2 rings (SSSR count). The molecule has 1 aromatic rings. The van der Waals surface area contributed by atoms with Gasteiger partial charge in [-0.25, -0.2) is 0 Å². The van der Waals surface area contributed by atoms with Crippen LogP contribution in [0.4, 0.5) is 0 Å². The van der Waals surface area contributed by atoms with Crippen LogP contribution in [-0.2, 0) is 5.60 Å². The Morgan fingerprint density at radius 3 is 2.64 bits per heavy atom. The van der Waals surface area contributed by atoms with E-state index in [2.05, 4.69) is 20.8 Å². The Morgan fingerprint density at radius 2 is 2.21 bits per heavy atom. The van der Waals surface area contributed by atoms with Gasteiger partial charge in [-0.05, 0) is 36.3 Å². The van der Waals surface area contributed by atoms with E-state index in [0.29, 0.717) is 0 Å². The summed E-state index contributed by atoms with van der Waals surface area (Å²) >= 11 is 0. The van der Waals surface area contributed by atoms with E-state index in [1.807, 2.05) is 12.1 Å². The van der Waals surface area contributed by atoms with Crippen LogP contribution in [-0.4, -0.2) is 5.11 Å². The summed E-state index contributed by atoms with van der Waals surface area (Å²) < 4.78 is 5.33. The van der Waals surface area contributed by atoms with Crippen molar-refractivity contribution in [1.82, 2.24) is 0 Å². The van der Waals surface area contributed by atoms with Crippen molar-refractivity contribution in [2.75, 3.05) is 0 Å². The Hall–Kier alpha value is -0.760. The quantitative estimate of drug-likeness (QED) is 0.745. The maximum Gasteiger partial charge on any atom is 0.135 e. The van der Waals surface area contributed by atoms with Crippen molar-refractivity contribution in [2.24, 2.45) is 11.3 Å². The molecule has 14 heavy (non-hydrogen) atoms. The molecular weight excluding hydrogens is 176 g/mol. The van der Waals surface area contributed by atoms with Crippen LogP contribution in [0.1, 0.15) is 39.4 Å². The van der Waals surface area contributed by atoms with E-state index < -0.39 is 5.60 Å². The smallest absolute Gasteiger partial charge is 0.135 e. The van der Waals surface area contributed by atoms with Crippen molar-refractivity contribution >= 4 is 0 Å². The van der Waals surface area contributed by atoms with E-state index in [1.54, 1.807) is 6.26 Å². The van der Waals surface area contributed by atoms with Crippen molar-refractivity contribution in [2.45, 2.75) is 39.2 Å². The van der Waals surface area contributed by atoms with E-state index in [4.69, 9.17) is 4.42 Å². The highest BCUT2D eigenvalue weighted by Crippen LogP contribution is 2.52. The van der Waals surface area contributed by atoms with Crippen LogP contribution in [0.2, 0.25) is 0 Å². The molecule has 2 heteroatoms. The molecule has 0 aromatic carbocycles. The first-order chi connectivity index (χ1) is 6.44. The Labute approximate surface area is 84.9 Å². The van der Waals surface area contributed by atoms with E-state index in [-0.39, 0.29) is 11.3 Å². The Morgan fingerprint density at radius 1 is 1.50 bits per heavy atom. The molecule has 78 valence electrons. The molecule has 0 radical (unpaired) electrons. The van der Waals surface area contributed by atoms with Crippen LogP contribution in [0.3, 0.4) is 0 Å². The minimum atomic E-state index is -0.757. The summed E-state index contributed by atoms with van der Waals surface area (Å²) in [5.41, 5.74) is -0.548. The second-order valence-electron chi connectivity index (χ2n) is 5.35. The predicted molar refractivity (Wildman–Crippen MR) is 54.8 cm³/mol. The number of furan rings is 1. The SMILES string of the molecule is CC1CC(C)(C)CC1(O)c1ccco1. The zero-order valence-corrected chi connectivity index (χ0v) is 9.08. The number of hydrogen-bond donors (Lipinski definition) is 1. The van der Waals surface area contributed by atoms with E-state index in [0.717, 1.165) is 18.6 Å². The van der Waals surface area contributed by atoms with E-state index in [9.17, 15) is 5.11 Å². The van der Waals surface area contributed by atoms with Gasteiger partial charge in [-0.2, -0.15) is 0 Å². The third-order valence-corrected chi connectivity index (χ3v) is 3.37.